The number of carboxylic acid groups (broad SMARTS) is 3. The molecule has 4 N–H and O–H groups in total. The maximum absolute atomic E-state index is 11.6. The molecule has 5 aromatic rings. The fraction of sp³-hybridized carbons (Fsp3) is 0.0417. The van der Waals surface area contributed by atoms with Gasteiger partial charge in [-0.25, -0.2) is 28.9 Å². The minimum Gasteiger partial charge on any atom is -0.478 e. The van der Waals surface area contributed by atoms with Gasteiger partial charge in [0.15, 0.2) is 6.29 Å². The summed E-state index contributed by atoms with van der Waals surface area (Å²) in [6.45, 7) is 0. The predicted octanol–water partition coefficient (Wildman–Crippen LogP) is 3.50. The van der Waals surface area contributed by atoms with E-state index in [0.29, 0.717) is 45.3 Å². The zero-order valence-corrected chi connectivity index (χ0v) is 18.1. The molecule has 2 aromatic heterocycles. The Morgan fingerprint density at radius 2 is 1.28 bits per heavy atom. The van der Waals surface area contributed by atoms with Crippen LogP contribution in [0.1, 0.15) is 37.4 Å². The number of anilines is 3. The van der Waals surface area contributed by atoms with Gasteiger partial charge in [0, 0.05) is 0 Å². The number of aromatic carboxylic acids is 3. The smallest absolute Gasteiger partial charge is 0.335 e. The molecule has 0 amide bonds. The summed E-state index contributed by atoms with van der Waals surface area (Å²) in [5, 5.41) is 31.7. The first-order valence-corrected chi connectivity index (χ1v) is 10.8. The van der Waals surface area contributed by atoms with E-state index in [9.17, 15) is 29.7 Å². The van der Waals surface area contributed by atoms with Gasteiger partial charge in [-0.15, -0.1) is 0 Å². The number of fused-ring (bicyclic) bond motifs is 12. The molecule has 1 atom stereocenters. The normalized spacial score (nSPS) is 15.2. The molecule has 2 aliphatic rings. The van der Waals surface area contributed by atoms with Crippen LogP contribution in [0, 0.1) is 0 Å². The van der Waals surface area contributed by atoms with Crippen molar-refractivity contribution in [3.63, 3.8) is 0 Å². The van der Waals surface area contributed by atoms with Crippen LogP contribution in [0.2, 0.25) is 0 Å². The lowest BCUT2D eigenvalue weighted by molar-refractivity contribution is 0.0686. The molecule has 36 heavy (non-hydrogen) atoms. The van der Waals surface area contributed by atoms with Crippen LogP contribution in [0.3, 0.4) is 0 Å². The Kier molecular flexibility index (Phi) is 3.67. The van der Waals surface area contributed by atoms with Crippen molar-refractivity contribution in [1.82, 2.24) is 19.1 Å². The van der Waals surface area contributed by atoms with Gasteiger partial charge in [-0.1, -0.05) is 0 Å². The van der Waals surface area contributed by atoms with Crippen molar-refractivity contribution >= 4 is 57.3 Å². The van der Waals surface area contributed by atoms with Gasteiger partial charge in [-0.2, -0.15) is 0 Å². The Balaban J connectivity index is 1.55. The number of aromatic nitrogens is 4. The van der Waals surface area contributed by atoms with E-state index in [1.807, 2.05) is 9.47 Å². The van der Waals surface area contributed by atoms with Gasteiger partial charge in [-0.05, 0) is 54.6 Å². The monoisotopic (exact) mass is 482 g/mol. The number of hydrogen-bond acceptors (Lipinski definition) is 7. The molecule has 0 radical (unpaired) electrons. The Hall–Kier alpha value is -5.39. The van der Waals surface area contributed by atoms with Gasteiger partial charge in [0.1, 0.15) is 0 Å². The molecule has 0 bridgehead atoms. The van der Waals surface area contributed by atoms with Crippen molar-refractivity contribution in [1.29, 1.82) is 0 Å². The molecular weight excluding hydrogens is 468 g/mol. The van der Waals surface area contributed by atoms with Crippen molar-refractivity contribution in [2.45, 2.75) is 6.29 Å². The van der Waals surface area contributed by atoms with E-state index in [0.717, 1.165) is 0 Å². The Morgan fingerprint density at radius 1 is 0.722 bits per heavy atom. The van der Waals surface area contributed by atoms with Gasteiger partial charge < -0.3 is 20.6 Å². The number of hydrogen-bond donors (Lipinski definition) is 4. The van der Waals surface area contributed by atoms with Crippen molar-refractivity contribution in [2.75, 3.05) is 10.2 Å². The summed E-state index contributed by atoms with van der Waals surface area (Å²) in [4.78, 5) is 46.0. The molecule has 0 saturated heterocycles. The molecule has 4 heterocycles. The van der Waals surface area contributed by atoms with E-state index < -0.39 is 24.2 Å². The summed E-state index contributed by atoms with van der Waals surface area (Å²) in [5.74, 6) is -2.32. The molecule has 0 spiro atoms. The Morgan fingerprint density at radius 3 is 1.94 bits per heavy atom. The molecule has 0 aliphatic carbocycles. The zero-order valence-electron chi connectivity index (χ0n) is 18.1. The lowest BCUT2D eigenvalue weighted by Crippen LogP contribution is -2.36. The fourth-order valence-corrected chi connectivity index (χ4v) is 4.90. The number of nitrogens with one attached hydrogen (secondary N) is 1. The summed E-state index contributed by atoms with van der Waals surface area (Å²) in [7, 11) is 0. The topological polar surface area (TPSA) is 163 Å². The highest BCUT2D eigenvalue weighted by molar-refractivity contribution is 5.98. The molecule has 12 nitrogen and oxygen atoms in total. The maximum Gasteiger partial charge on any atom is 0.335 e. The molecule has 0 saturated carbocycles. The highest BCUT2D eigenvalue weighted by atomic mass is 16.4. The summed E-state index contributed by atoms with van der Waals surface area (Å²) in [6.07, 6.45) is -0.581. The van der Waals surface area contributed by atoms with Crippen LogP contribution in [0.15, 0.2) is 54.6 Å². The van der Waals surface area contributed by atoms with Gasteiger partial charge in [0.2, 0.25) is 11.9 Å². The predicted molar refractivity (Wildman–Crippen MR) is 126 cm³/mol. The fourth-order valence-electron chi connectivity index (χ4n) is 4.90. The molecule has 3 aromatic carbocycles. The largest absolute Gasteiger partial charge is 0.478 e. The molecule has 7 rings (SSSR count). The Bertz CT molecular complexity index is 1840. The third kappa shape index (κ3) is 2.49. The molecule has 0 fully saturated rings. The highest BCUT2D eigenvalue weighted by Gasteiger charge is 2.42. The first-order valence-electron chi connectivity index (χ1n) is 10.8. The second-order valence-corrected chi connectivity index (χ2v) is 8.47. The van der Waals surface area contributed by atoms with E-state index in [2.05, 4.69) is 5.32 Å². The SMILES string of the molecule is O=C(O)c1ccc2c(c1)NC1N2c2nc3cc(C(=O)O)ccc3n2-c2nc3cc(C(=O)O)ccc3n21. The number of imidazole rings is 2. The zero-order chi connectivity index (χ0) is 24.9. The number of carboxylic acids is 3. The van der Waals surface area contributed by atoms with Crippen molar-refractivity contribution < 1.29 is 29.7 Å². The quantitative estimate of drug-likeness (QED) is 0.299. The van der Waals surface area contributed by atoms with E-state index in [1.54, 1.807) is 22.8 Å². The van der Waals surface area contributed by atoms with Crippen LogP contribution < -0.4 is 10.2 Å². The van der Waals surface area contributed by atoms with Crippen LogP contribution in [0.4, 0.5) is 17.3 Å². The maximum atomic E-state index is 11.6. The summed E-state index contributed by atoms with van der Waals surface area (Å²) in [5.41, 5.74) is 3.68. The minimum absolute atomic E-state index is 0.0835. The molecule has 12 heteroatoms. The van der Waals surface area contributed by atoms with Crippen molar-refractivity contribution in [3.8, 4) is 5.95 Å². The standard InChI is InChI=1S/C24H14N6O6/c31-19(32)10-1-4-16-13(7-10)25-22-28(16)23-26-14-8-11(20(33)34)2-5-17(14)30(23)24-27-15-9-12(21(35)36)3-6-18(15)29(22)24/h1-9,22,25H,(H,31,32)(H,33,34)(H,35,36). The van der Waals surface area contributed by atoms with Gasteiger partial charge in [-0.3, -0.25) is 9.47 Å². The lowest BCUT2D eigenvalue weighted by Gasteiger charge is -2.33. The average Bonchev–Trinajstić information content (AvgIpc) is 3.52. The summed E-state index contributed by atoms with van der Waals surface area (Å²) >= 11 is 0. The number of rotatable bonds is 3. The van der Waals surface area contributed by atoms with E-state index >= 15 is 0 Å². The van der Waals surface area contributed by atoms with Crippen LogP contribution in [0.5, 0.6) is 0 Å². The average molecular weight is 482 g/mol. The van der Waals surface area contributed by atoms with Crippen LogP contribution in [-0.2, 0) is 0 Å². The van der Waals surface area contributed by atoms with Gasteiger partial charge >= 0.3 is 17.9 Å². The van der Waals surface area contributed by atoms with Crippen LogP contribution in [0.25, 0.3) is 28.0 Å². The third-order valence-corrected chi connectivity index (χ3v) is 6.49. The molecule has 176 valence electrons. The van der Waals surface area contributed by atoms with Crippen LogP contribution in [-0.4, -0.2) is 52.3 Å². The van der Waals surface area contributed by atoms with Crippen molar-refractivity contribution in [3.05, 3.63) is 71.3 Å². The number of benzene rings is 3. The van der Waals surface area contributed by atoms with Gasteiger partial charge in [0.05, 0.1) is 50.1 Å². The second-order valence-electron chi connectivity index (χ2n) is 8.47. The summed E-state index contributed by atoms with van der Waals surface area (Å²) < 4.78 is 3.65. The molecule has 2 aliphatic heterocycles. The first-order chi connectivity index (χ1) is 17.3. The van der Waals surface area contributed by atoms with E-state index in [-0.39, 0.29) is 16.7 Å². The second kappa shape index (κ2) is 6.60. The minimum atomic E-state index is -1.08. The van der Waals surface area contributed by atoms with E-state index in [1.165, 1.54) is 36.4 Å². The van der Waals surface area contributed by atoms with Gasteiger partial charge in [0.25, 0.3) is 0 Å². The van der Waals surface area contributed by atoms with E-state index in [4.69, 9.17) is 9.97 Å². The number of carbonyl (C=O) groups is 3. The first kappa shape index (κ1) is 20.0. The van der Waals surface area contributed by atoms with Crippen molar-refractivity contribution in [2.24, 2.45) is 0 Å². The molecule has 1 unspecified atom stereocenters. The Labute approximate surface area is 200 Å². The van der Waals surface area contributed by atoms with Crippen LogP contribution >= 0.6 is 0 Å². The number of nitrogens with zero attached hydrogens (tertiary/aromatic N) is 5. The molecular formula is C24H14N6O6. The summed E-state index contributed by atoms with van der Waals surface area (Å²) in [6, 6.07) is 14.0. The lowest BCUT2D eigenvalue weighted by atomic mass is 10.2. The highest BCUT2D eigenvalue weighted by Crippen LogP contribution is 2.49. The third-order valence-electron chi connectivity index (χ3n) is 6.49.